The van der Waals surface area contributed by atoms with Crippen LogP contribution in [0.15, 0.2) is 0 Å². The SMILES string of the molecule is C[C@@H]1[C@@H]2CNC[C@H](C2)CN1C. The highest BCUT2D eigenvalue weighted by molar-refractivity contribution is 4.89. The molecule has 2 fully saturated rings. The van der Waals surface area contributed by atoms with Crippen LogP contribution in [0.2, 0.25) is 0 Å². The molecule has 11 heavy (non-hydrogen) atoms. The summed E-state index contributed by atoms with van der Waals surface area (Å²) in [5, 5.41) is 3.51. The molecule has 2 aliphatic heterocycles. The third-order valence-corrected chi connectivity index (χ3v) is 3.40. The van der Waals surface area contributed by atoms with Crippen LogP contribution in [0.5, 0.6) is 0 Å². The van der Waals surface area contributed by atoms with Gasteiger partial charge in [0.15, 0.2) is 0 Å². The fourth-order valence-corrected chi connectivity index (χ4v) is 2.51. The van der Waals surface area contributed by atoms with Gasteiger partial charge in [0, 0.05) is 12.6 Å². The Kier molecular flexibility index (Phi) is 1.90. The van der Waals surface area contributed by atoms with E-state index in [0.29, 0.717) is 0 Å². The highest BCUT2D eigenvalue weighted by Crippen LogP contribution is 2.28. The molecule has 0 aliphatic carbocycles. The van der Waals surface area contributed by atoms with Gasteiger partial charge in [0.25, 0.3) is 0 Å². The average molecular weight is 154 g/mol. The van der Waals surface area contributed by atoms with Crippen LogP contribution in [0.25, 0.3) is 0 Å². The van der Waals surface area contributed by atoms with E-state index < -0.39 is 0 Å². The van der Waals surface area contributed by atoms with Crippen LogP contribution in [0, 0.1) is 11.8 Å². The predicted octanol–water partition coefficient (Wildman–Crippen LogP) is 0.546. The number of hydrogen-bond acceptors (Lipinski definition) is 2. The smallest absolute Gasteiger partial charge is 0.0104 e. The highest BCUT2D eigenvalue weighted by Gasteiger charge is 2.33. The second-order valence-corrected chi connectivity index (χ2v) is 4.20. The zero-order valence-electron chi connectivity index (χ0n) is 7.51. The number of hydrogen-bond donors (Lipinski definition) is 1. The maximum atomic E-state index is 3.51. The number of nitrogens with zero attached hydrogens (tertiary/aromatic N) is 1. The summed E-state index contributed by atoms with van der Waals surface area (Å²) in [4.78, 5) is 2.51. The summed E-state index contributed by atoms with van der Waals surface area (Å²) in [6, 6.07) is 0.791. The number of rotatable bonds is 0. The van der Waals surface area contributed by atoms with E-state index in [1.165, 1.54) is 26.1 Å². The van der Waals surface area contributed by atoms with Crippen LogP contribution in [-0.2, 0) is 0 Å². The van der Waals surface area contributed by atoms with Gasteiger partial charge in [0.2, 0.25) is 0 Å². The minimum absolute atomic E-state index is 0.791. The Labute approximate surface area is 69.0 Å². The molecule has 0 spiro atoms. The monoisotopic (exact) mass is 154 g/mol. The zero-order valence-corrected chi connectivity index (χ0v) is 7.51. The molecule has 2 aliphatic rings. The maximum Gasteiger partial charge on any atom is 0.0104 e. The molecule has 2 heteroatoms. The van der Waals surface area contributed by atoms with Gasteiger partial charge in [0.1, 0.15) is 0 Å². The van der Waals surface area contributed by atoms with Crippen molar-refractivity contribution in [1.29, 1.82) is 0 Å². The molecular formula is C9H18N2. The first kappa shape index (κ1) is 7.56. The van der Waals surface area contributed by atoms with Gasteiger partial charge >= 0.3 is 0 Å². The molecular weight excluding hydrogens is 136 g/mol. The zero-order chi connectivity index (χ0) is 7.84. The quantitative estimate of drug-likeness (QED) is 0.548. The molecule has 1 N–H and O–H groups in total. The molecule has 2 nitrogen and oxygen atoms in total. The van der Waals surface area contributed by atoms with Crippen LogP contribution in [-0.4, -0.2) is 37.6 Å². The fourth-order valence-electron chi connectivity index (χ4n) is 2.51. The molecule has 2 bridgehead atoms. The van der Waals surface area contributed by atoms with Gasteiger partial charge in [-0.15, -0.1) is 0 Å². The molecule has 0 aromatic heterocycles. The van der Waals surface area contributed by atoms with E-state index >= 15 is 0 Å². The molecule has 0 aromatic carbocycles. The van der Waals surface area contributed by atoms with Gasteiger partial charge in [-0.25, -0.2) is 0 Å². The number of nitrogens with one attached hydrogen (secondary N) is 1. The van der Waals surface area contributed by atoms with Crippen molar-refractivity contribution in [2.75, 3.05) is 26.7 Å². The highest BCUT2D eigenvalue weighted by atomic mass is 15.2. The lowest BCUT2D eigenvalue weighted by atomic mass is 9.81. The molecule has 0 unspecified atom stereocenters. The summed E-state index contributed by atoms with van der Waals surface area (Å²) in [6.45, 7) is 6.13. The Morgan fingerprint density at radius 1 is 1.36 bits per heavy atom. The first-order valence-corrected chi connectivity index (χ1v) is 4.68. The lowest BCUT2D eigenvalue weighted by Crippen LogP contribution is -2.54. The van der Waals surface area contributed by atoms with Gasteiger partial charge in [-0.1, -0.05) is 0 Å². The summed E-state index contributed by atoms with van der Waals surface area (Å²) < 4.78 is 0. The lowest BCUT2D eigenvalue weighted by molar-refractivity contribution is 0.0648. The first-order chi connectivity index (χ1) is 5.27. The largest absolute Gasteiger partial charge is 0.316 e. The molecule has 0 aromatic rings. The maximum absolute atomic E-state index is 3.51. The number of piperidine rings is 2. The molecule has 0 saturated carbocycles. The van der Waals surface area contributed by atoms with E-state index in [1.54, 1.807) is 0 Å². The Hall–Kier alpha value is -0.0800. The predicted molar refractivity (Wildman–Crippen MR) is 46.6 cm³/mol. The first-order valence-electron chi connectivity index (χ1n) is 4.68. The van der Waals surface area contributed by atoms with Crippen LogP contribution < -0.4 is 5.32 Å². The van der Waals surface area contributed by atoms with Crippen LogP contribution in [0.1, 0.15) is 13.3 Å². The molecule has 64 valence electrons. The van der Waals surface area contributed by atoms with Crippen molar-refractivity contribution in [2.24, 2.45) is 11.8 Å². The summed E-state index contributed by atoms with van der Waals surface area (Å²) in [5.74, 6) is 1.84. The Balaban J connectivity index is 2.05. The lowest BCUT2D eigenvalue weighted by Gasteiger charge is -2.45. The van der Waals surface area contributed by atoms with Crippen molar-refractivity contribution in [3.8, 4) is 0 Å². The van der Waals surface area contributed by atoms with Crippen LogP contribution >= 0.6 is 0 Å². The average Bonchev–Trinajstić information content (AvgIpc) is 2.01. The molecule has 2 rings (SSSR count). The van der Waals surface area contributed by atoms with Crippen molar-refractivity contribution in [2.45, 2.75) is 19.4 Å². The molecule has 0 amide bonds. The standard InChI is InChI=1S/C9H18N2/c1-7-9-3-8(4-10-5-9)6-11(7)2/h7-10H,3-6H2,1-2H3/t7-,8+,9+/m1/s1. The van der Waals surface area contributed by atoms with E-state index in [9.17, 15) is 0 Å². The van der Waals surface area contributed by atoms with E-state index in [4.69, 9.17) is 0 Å². The van der Waals surface area contributed by atoms with Crippen molar-refractivity contribution >= 4 is 0 Å². The number of fused-ring (bicyclic) bond motifs is 2. The topological polar surface area (TPSA) is 15.3 Å². The van der Waals surface area contributed by atoms with Crippen molar-refractivity contribution in [3.63, 3.8) is 0 Å². The van der Waals surface area contributed by atoms with Gasteiger partial charge in [-0.05, 0) is 45.3 Å². The van der Waals surface area contributed by atoms with Gasteiger partial charge < -0.3 is 10.2 Å². The fraction of sp³-hybridized carbons (Fsp3) is 1.00. The minimum atomic E-state index is 0.791. The molecule has 2 heterocycles. The third kappa shape index (κ3) is 1.30. The normalized spacial score (nSPS) is 45.8. The van der Waals surface area contributed by atoms with Crippen LogP contribution in [0.3, 0.4) is 0 Å². The molecule has 0 radical (unpaired) electrons. The van der Waals surface area contributed by atoms with Gasteiger partial charge in [0.05, 0.1) is 0 Å². The third-order valence-electron chi connectivity index (χ3n) is 3.40. The second kappa shape index (κ2) is 2.76. The Morgan fingerprint density at radius 2 is 2.18 bits per heavy atom. The number of likely N-dealkylation sites (tertiary alicyclic amines) is 1. The Bertz CT molecular complexity index is 144. The minimum Gasteiger partial charge on any atom is -0.316 e. The van der Waals surface area contributed by atoms with E-state index in [-0.39, 0.29) is 0 Å². The summed E-state index contributed by atoms with van der Waals surface area (Å²) in [5.41, 5.74) is 0. The van der Waals surface area contributed by atoms with Crippen molar-refractivity contribution in [3.05, 3.63) is 0 Å². The van der Waals surface area contributed by atoms with Gasteiger partial charge in [-0.3, -0.25) is 0 Å². The van der Waals surface area contributed by atoms with Crippen molar-refractivity contribution in [1.82, 2.24) is 10.2 Å². The summed E-state index contributed by atoms with van der Waals surface area (Å²) in [6.07, 6.45) is 1.46. The Morgan fingerprint density at radius 3 is 3.00 bits per heavy atom. The van der Waals surface area contributed by atoms with Crippen molar-refractivity contribution < 1.29 is 0 Å². The molecule has 2 saturated heterocycles. The van der Waals surface area contributed by atoms with E-state index in [0.717, 1.165) is 17.9 Å². The summed E-state index contributed by atoms with van der Waals surface area (Å²) >= 11 is 0. The van der Waals surface area contributed by atoms with E-state index in [2.05, 4.69) is 24.2 Å². The summed E-state index contributed by atoms with van der Waals surface area (Å²) in [7, 11) is 2.26. The van der Waals surface area contributed by atoms with Gasteiger partial charge in [-0.2, -0.15) is 0 Å². The van der Waals surface area contributed by atoms with E-state index in [1.807, 2.05) is 0 Å². The van der Waals surface area contributed by atoms with Crippen LogP contribution in [0.4, 0.5) is 0 Å². The molecule has 3 atom stereocenters. The second-order valence-electron chi connectivity index (χ2n) is 4.20.